The molecule has 0 saturated carbocycles. The van der Waals surface area contributed by atoms with E-state index in [1.165, 1.54) is 18.2 Å². The van der Waals surface area contributed by atoms with Crippen molar-refractivity contribution in [1.82, 2.24) is 0 Å². The predicted octanol–water partition coefficient (Wildman–Crippen LogP) is 9.12. The second-order valence-electron chi connectivity index (χ2n) is 10.3. The summed E-state index contributed by atoms with van der Waals surface area (Å²) in [5.74, 6) is 0. The van der Waals surface area contributed by atoms with Crippen LogP contribution in [0.4, 0.5) is 39.5 Å². The van der Waals surface area contributed by atoms with Crippen LogP contribution >= 0.6 is 7.26 Å². The number of halogens is 9. The van der Waals surface area contributed by atoms with Crippen molar-refractivity contribution in [2.75, 3.05) is 12.7 Å². The molecule has 230 valence electrons. The molecule has 0 heterocycles. The zero-order valence-electron chi connectivity index (χ0n) is 22.9. The number of rotatable bonds is 13. The molecule has 42 heavy (non-hydrogen) atoms. The zero-order chi connectivity index (χ0) is 31.0. The summed E-state index contributed by atoms with van der Waals surface area (Å²) in [4.78, 5) is 0. The monoisotopic (exact) mass is 622 g/mol. The van der Waals surface area contributed by atoms with E-state index in [2.05, 4.69) is 0 Å². The Morgan fingerprint density at radius 2 is 0.762 bits per heavy atom. The van der Waals surface area contributed by atoms with Gasteiger partial charge in [0.2, 0.25) is 0 Å². The van der Waals surface area contributed by atoms with Crippen molar-refractivity contribution in [2.24, 2.45) is 5.73 Å². The molecule has 3 aromatic rings. The molecular formula is C31H34F9NP+. The maximum Gasteiger partial charge on any atom is 0.416 e. The van der Waals surface area contributed by atoms with Gasteiger partial charge in [-0.1, -0.05) is 50.3 Å². The summed E-state index contributed by atoms with van der Waals surface area (Å²) in [6, 6.07) is 12.8. The first-order valence-corrected chi connectivity index (χ1v) is 15.8. The number of alkyl halides is 9. The van der Waals surface area contributed by atoms with Crippen molar-refractivity contribution in [3.05, 3.63) is 89.5 Å². The van der Waals surface area contributed by atoms with Crippen LogP contribution in [0.25, 0.3) is 0 Å². The zero-order valence-corrected chi connectivity index (χ0v) is 23.8. The highest BCUT2D eigenvalue weighted by molar-refractivity contribution is 7.95. The summed E-state index contributed by atoms with van der Waals surface area (Å²) in [5, 5.41) is 0.244. The van der Waals surface area contributed by atoms with E-state index in [4.69, 9.17) is 5.73 Å². The molecule has 0 unspecified atom stereocenters. The van der Waals surface area contributed by atoms with E-state index in [-0.39, 0.29) is 22.1 Å². The molecule has 11 heteroatoms. The summed E-state index contributed by atoms with van der Waals surface area (Å²) >= 11 is 0. The van der Waals surface area contributed by atoms with Crippen molar-refractivity contribution in [2.45, 2.75) is 69.9 Å². The second kappa shape index (κ2) is 14.3. The van der Waals surface area contributed by atoms with Gasteiger partial charge < -0.3 is 5.73 Å². The molecule has 0 atom stereocenters. The number of nitrogens with two attached hydrogens (primary N) is 1. The molecule has 0 bridgehead atoms. The Balaban J connectivity index is 2.16. The summed E-state index contributed by atoms with van der Waals surface area (Å²) in [6.45, 7) is 0.617. The van der Waals surface area contributed by atoms with Gasteiger partial charge in [0.1, 0.15) is 23.2 Å². The highest BCUT2D eigenvalue weighted by Gasteiger charge is 2.48. The first-order chi connectivity index (χ1) is 19.7. The van der Waals surface area contributed by atoms with Gasteiger partial charge in [-0.3, -0.25) is 0 Å². The Labute approximate surface area is 240 Å². The fourth-order valence-corrected chi connectivity index (χ4v) is 9.61. The molecule has 0 aliphatic carbocycles. The molecular weight excluding hydrogens is 588 g/mol. The lowest BCUT2D eigenvalue weighted by Crippen LogP contribution is -2.35. The SMILES string of the molecule is NCCCCCCCCCC[P+](c1cccc(C(F)(F)F)c1)(c1cccc(C(F)(F)F)c1)c1cccc(C(F)(F)F)c1. The minimum Gasteiger partial charge on any atom is -0.330 e. The van der Waals surface area contributed by atoms with E-state index >= 15 is 0 Å². The van der Waals surface area contributed by atoms with Gasteiger partial charge in [-0.2, -0.15) is 39.5 Å². The van der Waals surface area contributed by atoms with Gasteiger partial charge in [-0.25, -0.2) is 0 Å². The first kappa shape index (κ1) is 33.9. The van der Waals surface area contributed by atoms with Crippen LogP contribution in [0, 0.1) is 0 Å². The minimum absolute atomic E-state index is 0.0813. The first-order valence-electron chi connectivity index (χ1n) is 13.8. The average molecular weight is 623 g/mol. The highest BCUT2D eigenvalue weighted by atomic mass is 31.2. The third kappa shape index (κ3) is 8.73. The average Bonchev–Trinajstić information content (AvgIpc) is 2.93. The van der Waals surface area contributed by atoms with Gasteiger partial charge in [0.25, 0.3) is 0 Å². The molecule has 0 saturated heterocycles. The number of hydrogen-bond acceptors (Lipinski definition) is 1. The van der Waals surface area contributed by atoms with E-state index in [1.54, 1.807) is 0 Å². The Hall–Kier alpha value is -2.58. The second-order valence-corrected chi connectivity index (χ2v) is 13.9. The quantitative estimate of drug-likeness (QED) is 0.115. The lowest BCUT2D eigenvalue weighted by molar-refractivity contribution is -0.138. The smallest absolute Gasteiger partial charge is 0.330 e. The fraction of sp³-hybridized carbons (Fsp3) is 0.419. The van der Waals surface area contributed by atoms with Crippen LogP contribution in [0.5, 0.6) is 0 Å². The molecule has 0 aromatic heterocycles. The van der Waals surface area contributed by atoms with Crippen LogP contribution in [0.15, 0.2) is 72.8 Å². The van der Waals surface area contributed by atoms with Crippen molar-refractivity contribution >= 4 is 23.2 Å². The molecule has 0 spiro atoms. The maximum absolute atomic E-state index is 13.8. The number of benzene rings is 3. The van der Waals surface area contributed by atoms with E-state index in [0.29, 0.717) is 19.4 Å². The van der Waals surface area contributed by atoms with Gasteiger partial charge >= 0.3 is 18.5 Å². The predicted molar refractivity (Wildman–Crippen MR) is 151 cm³/mol. The molecule has 2 N–H and O–H groups in total. The Bertz CT molecular complexity index is 1140. The van der Waals surface area contributed by atoms with Crippen LogP contribution in [-0.2, 0) is 18.5 Å². The largest absolute Gasteiger partial charge is 0.416 e. The van der Waals surface area contributed by atoms with Crippen LogP contribution in [0.2, 0.25) is 0 Å². The molecule has 0 aliphatic rings. The molecule has 0 aliphatic heterocycles. The Kier molecular flexibility index (Phi) is 11.5. The van der Waals surface area contributed by atoms with Gasteiger partial charge in [0, 0.05) is 0 Å². The van der Waals surface area contributed by atoms with Crippen molar-refractivity contribution in [3.8, 4) is 0 Å². The van der Waals surface area contributed by atoms with Crippen LogP contribution in [-0.4, -0.2) is 12.7 Å². The molecule has 0 fully saturated rings. The molecule has 0 radical (unpaired) electrons. The summed E-state index contributed by atoms with van der Waals surface area (Å²) < 4.78 is 124. The highest BCUT2D eigenvalue weighted by Crippen LogP contribution is 2.57. The van der Waals surface area contributed by atoms with Crippen LogP contribution < -0.4 is 21.6 Å². The minimum atomic E-state index is -4.75. The summed E-state index contributed by atoms with van der Waals surface area (Å²) in [5.41, 5.74) is 2.47. The van der Waals surface area contributed by atoms with E-state index in [0.717, 1.165) is 93.1 Å². The van der Waals surface area contributed by atoms with Gasteiger partial charge in [0.05, 0.1) is 22.9 Å². The van der Waals surface area contributed by atoms with E-state index in [9.17, 15) is 39.5 Å². The topological polar surface area (TPSA) is 26.0 Å². The normalized spacial score (nSPS) is 13.0. The third-order valence-electron chi connectivity index (χ3n) is 7.29. The third-order valence-corrected chi connectivity index (χ3v) is 11.8. The molecule has 3 rings (SSSR count). The molecule has 3 aromatic carbocycles. The molecule has 0 amide bonds. The van der Waals surface area contributed by atoms with Gasteiger partial charge in [-0.15, -0.1) is 0 Å². The Morgan fingerprint density at radius 3 is 1.07 bits per heavy atom. The number of unbranched alkanes of at least 4 members (excludes halogenated alkanes) is 7. The molecule has 1 nitrogen and oxygen atoms in total. The van der Waals surface area contributed by atoms with Gasteiger partial charge in [-0.05, 0) is 80.4 Å². The standard InChI is InChI=1S/C31H34F9NP/c32-29(33,34)23-12-9-15-26(20-23)42(19-8-6-4-2-1-3-5-7-18-41,27-16-10-13-24(21-27)30(35,36)37)28-17-11-14-25(22-28)31(38,39)40/h9-17,20-22H,1-8,18-19,41H2/q+1. The van der Waals surface area contributed by atoms with Crippen LogP contribution in [0.1, 0.15) is 68.1 Å². The van der Waals surface area contributed by atoms with Crippen molar-refractivity contribution < 1.29 is 39.5 Å². The van der Waals surface area contributed by atoms with E-state index in [1.807, 2.05) is 0 Å². The van der Waals surface area contributed by atoms with Gasteiger partial charge in [0.15, 0.2) is 0 Å². The summed E-state index contributed by atoms with van der Waals surface area (Å²) in [6.07, 6.45) is -7.50. The lowest BCUT2D eigenvalue weighted by atomic mass is 10.1. The fourth-order valence-electron chi connectivity index (χ4n) is 5.15. The van der Waals surface area contributed by atoms with Crippen LogP contribution in [0.3, 0.4) is 0 Å². The maximum atomic E-state index is 13.8. The van der Waals surface area contributed by atoms with E-state index < -0.39 is 42.5 Å². The lowest BCUT2D eigenvalue weighted by Gasteiger charge is -2.29. The summed E-state index contributed by atoms with van der Waals surface area (Å²) in [7, 11) is -3.43. The van der Waals surface area contributed by atoms with Crippen molar-refractivity contribution in [1.29, 1.82) is 0 Å². The Morgan fingerprint density at radius 1 is 0.452 bits per heavy atom. The number of hydrogen-bond donors (Lipinski definition) is 1. The van der Waals surface area contributed by atoms with Crippen molar-refractivity contribution in [3.63, 3.8) is 0 Å².